The summed E-state index contributed by atoms with van der Waals surface area (Å²) < 4.78 is 2.21. The van der Waals surface area contributed by atoms with Crippen molar-refractivity contribution in [2.24, 2.45) is 0 Å². The number of imide groups is 1. The molecule has 1 saturated heterocycles. The van der Waals surface area contributed by atoms with E-state index in [9.17, 15) is 9.59 Å². The van der Waals surface area contributed by atoms with Gasteiger partial charge in [0.2, 0.25) is 0 Å². The minimum absolute atomic E-state index is 0.224. The molecule has 6 heteroatoms. The van der Waals surface area contributed by atoms with Crippen molar-refractivity contribution in [1.82, 2.24) is 9.47 Å². The van der Waals surface area contributed by atoms with Crippen LogP contribution in [0.2, 0.25) is 5.02 Å². The molecule has 0 N–H and O–H groups in total. The first-order chi connectivity index (χ1) is 17.6. The number of carbonyl (C=O) groups excluding carboxylic acids is 2. The molecule has 5 aromatic rings. The van der Waals surface area contributed by atoms with E-state index in [2.05, 4.69) is 65.4 Å². The first-order valence-electron chi connectivity index (χ1n) is 11.6. The molecule has 1 aromatic heterocycles. The Morgan fingerprint density at radius 2 is 1.50 bits per heavy atom. The molecule has 2 amide bonds. The fourth-order valence-corrected chi connectivity index (χ4v) is 5.64. The number of hydrogen-bond acceptors (Lipinski definition) is 3. The lowest BCUT2D eigenvalue weighted by molar-refractivity contribution is -0.123. The van der Waals surface area contributed by atoms with E-state index in [0.29, 0.717) is 16.5 Å². The maximum Gasteiger partial charge on any atom is 0.293 e. The van der Waals surface area contributed by atoms with Crippen molar-refractivity contribution in [3.8, 4) is 0 Å². The summed E-state index contributed by atoms with van der Waals surface area (Å²) in [4.78, 5) is 27.6. The highest BCUT2D eigenvalue weighted by Gasteiger charge is 2.35. The molecule has 36 heavy (non-hydrogen) atoms. The largest absolute Gasteiger partial charge is 0.342 e. The van der Waals surface area contributed by atoms with E-state index >= 15 is 0 Å². The molecule has 4 nitrogen and oxygen atoms in total. The van der Waals surface area contributed by atoms with Crippen molar-refractivity contribution < 1.29 is 9.59 Å². The van der Waals surface area contributed by atoms with Gasteiger partial charge in [-0.2, -0.15) is 0 Å². The van der Waals surface area contributed by atoms with Crippen LogP contribution in [-0.2, 0) is 17.9 Å². The Bertz CT molecular complexity index is 1660. The van der Waals surface area contributed by atoms with Crippen LogP contribution in [0.1, 0.15) is 16.7 Å². The number of halogens is 1. The van der Waals surface area contributed by atoms with E-state index in [1.54, 1.807) is 12.1 Å². The third-order valence-corrected chi connectivity index (χ3v) is 7.61. The lowest BCUT2D eigenvalue weighted by Crippen LogP contribution is -2.27. The third-order valence-electron chi connectivity index (χ3n) is 6.45. The van der Waals surface area contributed by atoms with Crippen LogP contribution in [0, 0.1) is 0 Å². The molecule has 176 valence electrons. The fourth-order valence-electron chi connectivity index (χ4n) is 4.68. The number of amides is 2. The second kappa shape index (κ2) is 9.34. The predicted octanol–water partition coefficient (Wildman–Crippen LogP) is 7.73. The summed E-state index contributed by atoms with van der Waals surface area (Å²) in [6, 6.07) is 30.1. The van der Waals surface area contributed by atoms with Gasteiger partial charge in [0.05, 0.1) is 11.4 Å². The highest BCUT2D eigenvalue weighted by atomic mass is 35.5. The third kappa shape index (κ3) is 4.21. The Labute approximate surface area is 217 Å². The van der Waals surface area contributed by atoms with Crippen LogP contribution >= 0.6 is 23.4 Å². The molecule has 0 atom stereocenters. The SMILES string of the molecule is O=C1S/C(=C\c2cn(Cc3cccc4ccccc34)c3ccccc23)C(=O)N1Cc1ccc(Cl)cc1. The van der Waals surface area contributed by atoms with Gasteiger partial charge in [-0.05, 0) is 57.9 Å². The standard InChI is InChI=1S/C30H21ClN2O2S/c31-24-14-12-20(13-15-24)17-33-29(34)28(36-30(33)35)16-23-19-32(27-11-4-3-10-26(23)27)18-22-8-5-7-21-6-1-2-9-25(21)22/h1-16,19H,17-18H2/b28-16-. The number of thioether (sulfide) groups is 1. The van der Waals surface area contributed by atoms with Crippen molar-refractivity contribution in [2.45, 2.75) is 13.1 Å². The zero-order chi connectivity index (χ0) is 24.6. The number of fused-ring (bicyclic) bond motifs is 2. The van der Waals surface area contributed by atoms with E-state index < -0.39 is 0 Å². The fraction of sp³-hybridized carbons (Fsp3) is 0.0667. The zero-order valence-corrected chi connectivity index (χ0v) is 20.8. The lowest BCUT2D eigenvalue weighted by atomic mass is 10.0. The summed E-state index contributed by atoms with van der Waals surface area (Å²) in [5, 5.41) is 3.83. The highest BCUT2D eigenvalue weighted by molar-refractivity contribution is 8.18. The molecule has 0 unspecified atom stereocenters. The molecular weight excluding hydrogens is 488 g/mol. The number of rotatable bonds is 5. The molecule has 0 spiro atoms. The minimum Gasteiger partial charge on any atom is -0.342 e. The van der Waals surface area contributed by atoms with Crippen molar-refractivity contribution in [2.75, 3.05) is 0 Å². The molecular formula is C30H21ClN2O2S. The quantitative estimate of drug-likeness (QED) is 0.228. The minimum atomic E-state index is -0.272. The number of aromatic nitrogens is 1. The summed E-state index contributed by atoms with van der Waals surface area (Å²) in [5.41, 5.74) is 4.08. The number of benzene rings is 4. The first-order valence-corrected chi connectivity index (χ1v) is 12.8. The molecule has 1 aliphatic rings. The summed E-state index contributed by atoms with van der Waals surface area (Å²) >= 11 is 6.95. The van der Waals surface area contributed by atoms with Gasteiger partial charge < -0.3 is 4.57 Å². The molecule has 2 heterocycles. The van der Waals surface area contributed by atoms with Gasteiger partial charge in [0.1, 0.15) is 0 Å². The van der Waals surface area contributed by atoms with Crippen molar-refractivity contribution >= 4 is 62.3 Å². The molecule has 1 fully saturated rings. The van der Waals surface area contributed by atoms with Gasteiger partial charge in [0.15, 0.2) is 0 Å². The normalized spacial score (nSPS) is 15.0. The van der Waals surface area contributed by atoms with Crippen LogP contribution in [0.15, 0.2) is 102 Å². The van der Waals surface area contributed by atoms with Crippen molar-refractivity contribution in [3.63, 3.8) is 0 Å². The van der Waals surface area contributed by atoms with E-state index in [0.717, 1.165) is 33.8 Å². The lowest BCUT2D eigenvalue weighted by Gasteiger charge is -2.12. The Morgan fingerprint density at radius 1 is 0.778 bits per heavy atom. The predicted molar refractivity (Wildman–Crippen MR) is 148 cm³/mol. The smallest absolute Gasteiger partial charge is 0.293 e. The Morgan fingerprint density at radius 3 is 2.33 bits per heavy atom. The second-order valence-corrected chi connectivity index (χ2v) is 10.2. The molecule has 0 bridgehead atoms. The van der Waals surface area contributed by atoms with Gasteiger partial charge in [-0.25, -0.2) is 0 Å². The van der Waals surface area contributed by atoms with E-state index in [4.69, 9.17) is 11.6 Å². The maximum atomic E-state index is 13.2. The summed E-state index contributed by atoms with van der Waals surface area (Å²) in [7, 11) is 0. The monoisotopic (exact) mass is 508 g/mol. The molecule has 0 aliphatic carbocycles. The van der Waals surface area contributed by atoms with Gasteiger partial charge in [-0.1, -0.05) is 84.4 Å². The van der Waals surface area contributed by atoms with Gasteiger partial charge in [-0.3, -0.25) is 14.5 Å². The Hall–Kier alpha value is -3.80. The zero-order valence-electron chi connectivity index (χ0n) is 19.2. The van der Waals surface area contributed by atoms with Gasteiger partial charge in [0.25, 0.3) is 11.1 Å². The number of nitrogens with zero attached hydrogens (tertiary/aromatic N) is 2. The van der Waals surface area contributed by atoms with Crippen LogP contribution in [0.3, 0.4) is 0 Å². The molecule has 6 rings (SSSR count). The maximum absolute atomic E-state index is 13.2. The van der Waals surface area contributed by atoms with Crippen LogP contribution in [0.5, 0.6) is 0 Å². The topological polar surface area (TPSA) is 42.3 Å². The van der Waals surface area contributed by atoms with Gasteiger partial charge in [0, 0.05) is 34.2 Å². The van der Waals surface area contributed by atoms with E-state index in [1.165, 1.54) is 21.2 Å². The summed E-state index contributed by atoms with van der Waals surface area (Å²) in [6.45, 7) is 0.926. The molecule has 0 radical (unpaired) electrons. The van der Waals surface area contributed by atoms with Crippen LogP contribution < -0.4 is 0 Å². The van der Waals surface area contributed by atoms with Crippen LogP contribution in [-0.4, -0.2) is 20.6 Å². The van der Waals surface area contributed by atoms with Crippen LogP contribution in [0.25, 0.3) is 27.8 Å². The second-order valence-electron chi connectivity index (χ2n) is 8.76. The van der Waals surface area contributed by atoms with Gasteiger partial charge in [-0.15, -0.1) is 0 Å². The van der Waals surface area contributed by atoms with E-state index in [1.807, 2.05) is 30.3 Å². The molecule has 0 saturated carbocycles. The number of hydrogen-bond donors (Lipinski definition) is 0. The van der Waals surface area contributed by atoms with E-state index in [-0.39, 0.29) is 17.7 Å². The number of para-hydroxylation sites is 1. The van der Waals surface area contributed by atoms with Crippen molar-refractivity contribution in [1.29, 1.82) is 0 Å². The van der Waals surface area contributed by atoms with Crippen molar-refractivity contribution in [3.05, 3.63) is 124 Å². The highest BCUT2D eigenvalue weighted by Crippen LogP contribution is 2.35. The summed E-state index contributed by atoms with van der Waals surface area (Å²) in [5.74, 6) is -0.272. The van der Waals surface area contributed by atoms with Gasteiger partial charge >= 0.3 is 0 Å². The average Bonchev–Trinajstić information content (AvgIpc) is 3.37. The Kier molecular flexibility index (Phi) is 5.88. The molecule has 1 aliphatic heterocycles. The van der Waals surface area contributed by atoms with Crippen LogP contribution in [0.4, 0.5) is 4.79 Å². The average molecular weight is 509 g/mol. The Balaban J connectivity index is 1.34. The first kappa shape index (κ1) is 22.7. The summed E-state index contributed by atoms with van der Waals surface area (Å²) in [6.07, 6.45) is 3.91. The molecule has 4 aromatic carbocycles. The number of carbonyl (C=O) groups is 2.